The van der Waals surface area contributed by atoms with Crippen LogP contribution >= 0.6 is 0 Å². The van der Waals surface area contributed by atoms with Gasteiger partial charge in [0.15, 0.2) is 0 Å². The highest BCUT2D eigenvalue weighted by molar-refractivity contribution is 5.23. The van der Waals surface area contributed by atoms with E-state index in [0.717, 1.165) is 13.1 Å². The Bertz CT molecular complexity index is 408. The standard InChI is InChI=1S/C15H27N3/c1-6-15(7-8-15)11-16-9-12-10-18(5)17-13(12)14(2,3)4/h10,16H,6-9,11H2,1-5H3. The predicted octanol–water partition coefficient (Wildman–Crippen LogP) is 3.00. The summed E-state index contributed by atoms with van der Waals surface area (Å²) >= 11 is 0. The molecule has 2 rings (SSSR count). The Balaban J connectivity index is 1.97. The van der Waals surface area contributed by atoms with Gasteiger partial charge in [-0.2, -0.15) is 5.10 Å². The summed E-state index contributed by atoms with van der Waals surface area (Å²) in [5, 5.41) is 8.24. The molecule has 1 aliphatic carbocycles. The minimum atomic E-state index is 0.125. The first-order valence-electron chi connectivity index (χ1n) is 7.10. The van der Waals surface area contributed by atoms with Gasteiger partial charge in [0.2, 0.25) is 0 Å². The van der Waals surface area contributed by atoms with Crippen molar-refractivity contribution in [2.24, 2.45) is 12.5 Å². The molecule has 0 saturated heterocycles. The molecule has 3 nitrogen and oxygen atoms in total. The Kier molecular flexibility index (Phi) is 3.54. The zero-order valence-corrected chi connectivity index (χ0v) is 12.5. The number of rotatable bonds is 5. The molecule has 1 aliphatic rings. The maximum absolute atomic E-state index is 4.61. The summed E-state index contributed by atoms with van der Waals surface area (Å²) in [6.45, 7) is 11.1. The highest BCUT2D eigenvalue weighted by Crippen LogP contribution is 2.47. The van der Waals surface area contributed by atoms with Crippen LogP contribution in [0, 0.1) is 5.41 Å². The summed E-state index contributed by atoms with van der Waals surface area (Å²) in [5.41, 5.74) is 3.31. The van der Waals surface area contributed by atoms with Crippen molar-refractivity contribution in [1.29, 1.82) is 0 Å². The first-order chi connectivity index (χ1) is 8.36. The lowest BCUT2D eigenvalue weighted by Crippen LogP contribution is -2.24. The zero-order chi connectivity index (χ0) is 13.4. The van der Waals surface area contributed by atoms with Crippen molar-refractivity contribution in [2.45, 2.75) is 58.9 Å². The van der Waals surface area contributed by atoms with Gasteiger partial charge in [0.1, 0.15) is 0 Å². The lowest BCUT2D eigenvalue weighted by Gasteiger charge is -2.18. The molecule has 1 N–H and O–H groups in total. The molecule has 0 spiro atoms. The van der Waals surface area contributed by atoms with Crippen LogP contribution in [-0.4, -0.2) is 16.3 Å². The fraction of sp³-hybridized carbons (Fsp3) is 0.800. The fourth-order valence-electron chi connectivity index (χ4n) is 2.59. The summed E-state index contributed by atoms with van der Waals surface area (Å²) in [4.78, 5) is 0. The first kappa shape index (κ1) is 13.6. The molecule has 1 aromatic rings. The molecule has 0 unspecified atom stereocenters. The van der Waals surface area contributed by atoms with Gasteiger partial charge in [0, 0.05) is 37.3 Å². The number of aromatic nitrogens is 2. The predicted molar refractivity (Wildman–Crippen MR) is 75.6 cm³/mol. The largest absolute Gasteiger partial charge is 0.312 e. The van der Waals surface area contributed by atoms with Crippen molar-refractivity contribution >= 4 is 0 Å². The van der Waals surface area contributed by atoms with Gasteiger partial charge in [-0.1, -0.05) is 27.7 Å². The molecular weight excluding hydrogens is 222 g/mol. The zero-order valence-electron chi connectivity index (χ0n) is 12.5. The number of hydrogen-bond donors (Lipinski definition) is 1. The second-order valence-electron chi connectivity index (χ2n) is 6.88. The summed E-state index contributed by atoms with van der Waals surface area (Å²) in [5.74, 6) is 0. The normalized spacial score (nSPS) is 18.1. The highest BCUT2D eigenvalue weighted by atomic mass is 15.3. The van der Waals surface area contributed by atoms with Crippen molar-refractivity contribution < 1.29 is 0 Å². The van der Waals surface area contributed by atoms with Crippen molar-refractivity contribution in [3.05, 3.63) is 17.5 Å². The molecule has 18 heavy (non-hydrogen) atoms. The highest BCUT2D eigenvalue weighted by Gasteiger charge is 2.39. The van der Waals surface area contributed by atoms with Gasteiger partial charge < -0.3 is 5.32 Å². The van der Waals surface area contributed by atoms with Gasteiger partial charge in [-0.15, -0.1) is 0 Å². The second-order valence-corrected chi connectivity index (χ2v) is 6.88. The van der Waals surface area contributed by atoms with Crippen molar-refractivity contribution in [3.8, 4) is 0 Å². The van der Waals surface area contributed by atoms with Gasteiger partial charge in [-0.3, -0.25) is 4.68 Å². The first-order valence-corrected chi connectivity index (χ1v) is 7.10. The Labute approximate surface area is 111 Å². The van der Waals surface area contributed by atoms with Crippen LogP contribution in [0.3, 0.4) is 0 Å². The van der Waals surface area contributed by atoms with E-state index in [4.69, 9.17) is 0 Å². The third kappa shape index (κ3) is 2.94. The minimum Gasteiger partial charge on any atom is -0.312 e. The van der Waals surface area contributed by atoms with Crippen LogP contribution in [0.4, 0.5) is 0 Å². The van der Waals surface area contributed by atoms with E-state index < -0.39 is 0 Å². The van der Waals surface area contributed by atoms with E-state index in [9.17, 15) is 0 Å². The summed E-state index contributed by atoms with van der Waals surface area (Å²) in [6, 6.07) is 0. The Hall–Kier alpha value is -0.830. The molecule has 0 atom stereocenters. The molecule has 0 amide bonds. The Morgan fingerprint density at radius 2 is 2.06 bits per heavy atom. The van der Waals surface area contributed by atoms with E-state index in [-0.39, 0.29) is 5.41 Å². The van der Waals surface area contributed by atoms with E-state index in [0.29, 0.717) is 5.41 Å². The van der Waals surface area contributed by atoms with Crippen LogP contribution in [0.25, 0.3) is 0 Å². The Morgan fingerprint density at radius 1 is 1.39 bits per heavy atom. The van der Waals surface area contributed by atoms with Crippen molar-refractivity contribution in [3.63, 3.8) is 0 Å². The summed E-state index contributed by atoms with van der Waals surface area (Å²) in [6.07, 6.45) is 6.25. The topological polar surface area (TPSA) is 29.9 Å². The maximum atomic E-state index is 4.61. The number of hydrogen-bond acceptors (Lipinski definition) is 2. The number of nitrogens with zero attached hydrogens (tertiary/aromatic N) is 2. The van der Waals surface area contributed by atoms with E-state index in [1.165, 1.54) is 30.5 Å². The van der Waals surface area contributed by atoms with E-state index in [1.54, 1.807) is 0 Å². The van der Waals surface area contributed by atoms with Crippen molar-refractivity contribution in [1.82, 2.24) is 15.1 Å². The molecule has 1 saturated carbocycles. The molecule has 0 radical (unpaired) electrons. The van der Waals surface area contributed by atoms with Gasteiger partial charge in [0.05, 0.1) is 5.69 Å². The van der Waals surface area contributed by atoms with Crippen LogP contribution in [0.15, 0.2) is 6.20 Å². The maximum Gasteiger partial charge on any atom is 0.0722 e. The fourth-order valence-corrected chi connectivity index (χ4v) is 2.59. The van der Waals surface area contributed by atoms with Gasteiger partial charge in [-0.25, -0.2) is 0 Å². The minimum absolute atomic E-state index is 0.125. The average Bonchev–Trinajstić information content (AvgIpc) is 2.95. The van der Waals surface area contributed by atoms with Crippen LogP contribution in [-0.2, 0) is 19.0 Å². The lowest BCUT2D eigenvalue weighted by atomic mass is 9.89. The summed E-state index contributed by atoms with van der Waals surface area (Å²) < 4.78 is 1.93. The van der Waals surface area contributed by atoms with E-state index in [2.05, 4.69) is 44.3 Å². The third-order valence-corrected chi connectivity index (χ3v) is 4.14. The number of aryl methyl sites for hydroxylation is 1. The van der Waals surface area contributed by atoms with Crippen LogP contribution in [0.2, 0.25) is 0 Å². The van der Waals surface area contributed by atoms with Gasteiger partial charge in [-0.05, 0) is 24.7 Å². The summed E-state index contributed by atoms with van der Waals surface area (Å²) in [7, 11) is 2.01. The average molecular weight is 249 g/mol. The second kappa shape index (κ2) is 4.69. The molecule has 102 valence electrons. The van der Waals surface area contributed by atoms with E-state index >= 15 is 0 Å². The number of nitrogens with one attached hydrogen (secondary N) is 1. The molecule has 0 bridgehead atoms. The van der Waals surface area contributed by atoms with Crippen molar-refractivity contribution in [2.75, 3.05) is 6.54 Å². The quantitative estimate of drug-likeness (QED) is 0.869. The molecule has 0 aliphatic heterocycles. The van der Waals surface area contributed by atoms with E-state index in [1.807, 2.05) is 11.7 Å². The smallest absolute Gasteiger partial charge is 0.0722 e. The molecule has 0 aromatic carbocycles. The molecule has 1 fully saturated rings. The SMILES string of the molecule is CCC1(CNCc2cn(C)nc2C(C)(C)C)CC1. The Morgan fingerprint density at radius 3 is 2.56 bits per heavy atom. The molecule has 1 heterocycles. The molecule has 3 heteroatoms. The van der Waals surface area contributed by atoms with Crippen LogP contribution in [0.5, 0.6) is 0 Å². The third-order valence-electron chi connectivity index (χ3n) is 4.14. The van der Waals surface area contributed by atoms with Gasteiger partial charge in [0.25, 0.3) is 0 Å². The van der Waals surface area contributed by atoms with Crippen LogP contribution < -0.4 is 5.32 Å². The lowest BCUT2D eigenvalue weighted by molar-refractivity contribution is 0.441. The molecular formula is C15H27N3. The molecule has 1 aromatic heterocycles. The monoisotopic (exact) mass is 249 g/mol. The van der Waals surface area contributed by atoms with Crippen LogP contribution in [0.1, 0.15) is 58.2 Å². The van der Waals surface area contributed by atoms with Gasteiger partial charge >= 0.3 is 0 Å².